The van der Waals surface area contributed by atoms with Gasteiger partial charge in [-0.25, -0.2) is 0 Å². The molecule has 0 aliphatic carbocycles. The summed E-state index contributed by atoms with van der Waals surface area (Å²) in [7, 11) is 5.46. The molecular formula is C40H77NO6. The van der Waals surface area contributed by atoms with Crippen LogP contribution in [0.4, 0.5) is 0 Å². The number of carbonyl (C=O) groups excluding carboxylic acids is 3. The third-order valence-corrected chi connectivity index (χ3v) is 9.43. The van der Waals surface area contributed by atoms with E-state index in [9.17, 15) is 14.4 Å². The average molecular weight is 668 g/mol. The molecule has 0 rings (SSSR count). The molecule has 47 heavy (non-hydrogen) atoms. The van der Waals surface area contributed by atoms with Crippen molar-refractivity contribution in [3.8, 4) is 0 Å². The smallest absolute Gasteiger partial charge is 0.306 e. The van der Waals surface area contributed by atoms with Gasteiger partial charge in [-0.05, 0) is 95.2 Å². The summed E-state index contributed by atoms with van der Waals surface area (Å²) in [5.41, 5.74) is -0.235. The predicted molar refractivity (Wildman–Crippen MR) is 195 cm³/mol. The van der Waals surface area contributed by atoms with Crippen LogP contribution < -0.4 is 0 Å². The number of ether oxygens (including phenoxy) is 3. The number of carbonyl (C=O) groups is 3. The van der Waals surface area contributed by atoms with Gasteiger partial charge in [-0.3, -0.25) is 14.4 Å². The van der Waals surface area contributed by atoms with Crippen LogP contribution in [0.15, 0.2) is 0 Å². The van der Waals surface area contributed by atoms with Gasteiger partial charge in [0.15, 0.2) is 0 Å². The third-order valence-electron chi connectivity index (χ3n) is 9.43. The quantitative estimate of drug-likeness (QED) is 0.0413. The first kappa shape index (κ1) is 45.4. The molecule has 0 spiro atoms. The zero-order valence-electron chi connectivity index (χ0n) is 32.5. The molecule has 0 radical (unpaired) electrons. The van der Waals surface area contributed by atoms with Crippen LogP contribution in [0.2, 0.25) is 0 Å². The van der Waals surface area contributed by atoms with Crippen molar-refractivity contribution in [2.45, 2.75) is 189 Å². The lowest BCUT2D eigenvalue weighted by Crippen LogP contribution is -2.22. The summed E-state index contributed by atoms with van der Waals surface area (Å²) in [5.74, 6) is 0.133. The zero-order valence-corrected chi connectivity index (χ0v) is 32.5. The van der Waals surface area contributed by atoms with Crippen LogP contribution in [0.5, 0.6) is 0 Å². The van der Waals surface area contributed by atoms with Crippen LogP contribution >= 0.6 is 0 Å². The molecule has 2 unspecified atom stereocenters. The molecular weight excluding hydrogens is 590 g/mol. The van der Waals surface area contributed by atoms with Gasteiger partial charge in [-0.2, -0.15) is 0 Å². The van der Waals surface area contributed by atoms with Crippen molar-refractivity contribution >= 4 is 17.9 Å². The van der Waals surface area contributed by atoms with Crippen LogP contribution in [-0.4, -0.2) is 63.3 Å². The fourth-order valence-corrected chi connectivity index (χ4v) is 6.32. The van der Waals surface area contributed by atoms with Crippen molar-refractivity contribution in [2.75, 3.05) is 34.4 Å². The second-order valence-corrected chi connectivity index (χ2v) is 16.0. The van der Waals surface area contributed by atoms with E-state index in [1.165, 1.54) is 58.5 Å². The Morgan fingerprint density at radius 1 is 0.617 bits per heavy atom. The van der Waals surface area contributed by atoms with Gasteiger partial charge in [0.1, 0.15) is 6.10 Å². The van der Waals surface area contributed by atoms with Crippen molar-refractivity contribution in [2.24, 2.45) is 16.7 Å². The summed E-state index contributed by atoms with van der Waals surface area (Å²) in [6.45, 7) is 14.5. The fourth-order valence-electron chi connectivity index (χ4n) is 6.32. The van der Waals surface area contributed by atoms with Gasteiger partial charge in [0, 0.05) is 6.42 Å². The maximum absolute atomic E-state index is 12.9. The Hall–Kier alpha value is -1.63. The van der Waals surface area contributed by atoms with Crippen molar-refractivity contribution in [3.05, 3.63) is 0 Å². The molecule has 278 valence electrons. The Morgan fingerprint density at radius 3 is 1.64 bits per heavy atom. The molecule has 0 saturated heterocycles. The fraction of sp³-hybridized carbons (Fsp3) is 0.925. The molecule has 0 heterocycles. The summed E-state index contributed by atoms with van der Waals surface area (Å²) < 4.78 is 16.7. The van der Waals surface area contributed by atoms with Crippen LogP contribution in [0.25, 0.3) is 0 Å². The summed E-state index contributed by atoms with van der Waals surface area (Å²) in [6.07, 6.45) is 21.8. The van der Waals surface area contributed by atoms with Crippen molar-refractivity contribution < 1.29 is 28.6 Å². The second kappa shape index (κ2) is 27.2. The van der Waals surface area contributed by atoms with E-state index < -0.39 is 0 Å². The van der Waals surface area contributed by atoms with E-state index in [0.29, 0.717) is 31.8 Å². The summed E-state index contributed by atoms with van der Waals surface area (Å²) in [6, 6.07) is 0. The molecule has 0 saturated carbocycles. The molecule has 0 N–H and O–H groups in total. The zero-order chi connectivity index (χ0) is 35.6. The number of unbranched alkanes of at least 4 members (excludes halogenated alkanes) is 8. The first-order valence-corrected chi connectivity index (χ1v) is 19.3. The van der Waals surface area contributed by atoms with Gasteiger partial charge in [-0.1, -0.05) is 106 Å². The minimum Gasteiger partial charge on any atom is -0.469 e. The predicted octanol–water partition coefficient (Wildman–Crippen LogP) is 10.5. The van der Waals surface area contributed by atoms with E-state index >= 15 is 0 Å². The standard InChI is InChI=1S/C40H77NO6/c1-10-12-14-15-17-24-34(23-16-13-11-2)33-46-38(44)32-40(5,6)29-21-19-26-35(47-36(42)27-22-30-41(7)8)25-18-20-28-39(3,4)31-37(43)45-9/h34-35H,10-33H2,1-9H3. The number of esters is 3. The normalized spacial score (nSPS) is 13.4. The van der Waals surface area contributed by atoms with Crippen LogP contribution in [0, 0.1) is 16.7 Å². The molecule has 0 aromatic rings. The van der Waals surface area contributed by atoms with Gasteiger partial charge >= 0.3 is 17.9 Å². The maximum Gasteiger partial charge on any atom is 0.306 e. The Balaban J connectivity index is 4.79. The SMILES string of the molecule is CCCCCCCC(CCCCC)COC(=O)CC(C)(C)CCCCC(CCCCC(C)(C)CC(=O)OC)OC(=O)CCCN(C)C. The highest BCUT2D eigenvalue weighted by atomic mass is 16.5. The molecule has 0 aliphatic heterocycles. The van der Waals surface area contributed by atoms with Gasteiger partial charge in [0.25, 0.3) is 0 Å². The molecule has 0 aliphatic rings. The minimum atomic E-state index is -0.171. The molecule has 0 aromatic carbocycles. The monoisotopic (exact) mass is 668 g/mol. The summed E-state index contributed by atoms with van der Waals surface area (Å²) in [4.78, 5) is 39.4. The lowest BCUT2D eigenvalue weighted by Gasteiger charge is -2.25. The Morgan fingerprint density at radius 2 is 1.11 bits per heavy atom. The van der Waals surface area contributed by atoms with Crippen LogP contribution in [-0.2, 0) is 28.6 Å². The van der Waals surface area contributed by atoms with Crippen LogP contribution in [0.1, 0.15) is 183 Å². The largest absolute Gasteiger partial charge is 0.469 e. The average Bonchev–Trinajstić information content (AvgIpc) is 2.98. The number of hydrogen-bond donors (Lipinski definition) is 0. The van der Waals surface area contributed by atoms with Crippen molar-refractivity contribution in [1.29, 1.82) is 0 Å². The highest BCUT2D eigenvalue weighted by molar-refractivity contribution is 5.70. The molecule has 7 heteroatoms. The van der Waals surface area contributed by atoms with Gasteiger partial charge < -0.3 is 19.1 Å². The van der Waals surface area contributed by atoms with E-state index in [1.807, 2.05) is 14.1 Å². The lowest BCUT2D eigenvalue weighted by molar-refractivity contribution is -0.150. The Bertz CT molecular complexity index is 809. The topological polar surface area (TPSA) is 82.1 Å². The van der Waals surface area contributed by atoms with E-state index in [2.05, 4.69) is 46.4 Å². The summed E-state index contributed by atoms with van der Waals surface area (Å²) >= 11 is 0. The first-order chi connectivity index (χ1) is 22.2. The Kier molecular flexibility index (Phi) is 26.3. The van der Waals surface area contributed by atoms with E-state index in [0.717, 1.165) is 77.2 Å². The van der Waals surface area contributed by atoms with Crippen molar-refractivity contribution in [3.63, 3.8) is 0 Å². The highest BCUT2D eigenvalue weighted by Crippen LogP contribution is 2.31. The minimum absolute atomic E-state index is 0.0684. The van der Waals surface area contributed by atoms with E-state index in [4.69, 9.17) is 14.2 Å². The molecule has 0 fully saturated rings. The number of rotatable bonds is 31. The second-order valence-electron chi connectivity index (χ2n) is 16.0. The van der Waals surface area contributed by atoms with Gasteiger partial charge in [0.05, 0.1) is 26.6 Å². The molecule has 0 amide bonds. The van der Waals surface area contributed by atoms with E-state index in [1.54, 1.807) is 0 Å². The molecule has 0 bridgehead atoms. The molecule has 2 atom stereocenters. The lowest BCUT2D eigenvalue weighted by atomic mass is 9.83. The number of hydrogen-bond acceptors (Lipinski definition) is 7. The van der Waals surface area contributed by atoms with Crippen molar-refractivity contribution in [1.82, 2.24) is 4.90 Å². The maximum atomic E-state index is 12.9. The molecule has 0 aromatic heterocycles. The van der Waals surface area contributed by atoms with Gasteiger partial charge in [-0.15, -0.1) is 0 Å². The van der Waals surface area contributed by atoms with Gasteiger partial charge in [0.2, 0.25) is 0 Å². The molecule has 7 nitrogen and oxygen atoms in total. The first-order valence-electron chi connectivity index (χ1n) is 19.3. The highest BCUT2D eigenvalue weighted by Gasteiger charge is 2.25. The summed E-state index contributed by atoms with van der Waals surface area (Å²) in [5, 5.41) is 0. The van der Waals surface area contributed by atoms with Crippen LogP contribution in [0.3, 0.4) is 0 Å². The number of methoxy groups -OCH3 is 1. The Labute approximate surface area is 291 Å². The van der Waals surface area contributed by atoms with E-state index in [-0.39, 0.29) is 34.8 Å². The number of nitrogens with zero attached hydrogens (tertiary/aromatic N) is 1. The third kappa shape index (κ3) is 28.0.